The van der Waals surface area contributed by atoms with Crippen molar-refractivity contribution >= 4 is 29.0 Å². The number of halogens is 6. The fourth-order valence-electron chi connectivity index (χ4n) is 1.98. The predicted octanol–water partition coefficient (Wildman–Crippen LogP) is 3.14. The molecule has 0 radical (unpaired) electrons. The molecule has 1 fully saturated rings. The van der Waals surface area contributed by atoms with Gasteiger partial charge >= 0.3 is 10.8 Å². The van der Waals surface area contributed by atoms with Gasteiger partial charge in [-0.1, -0.05) is 6.42 Å². The summed E-state index contributed by atoms with van der Waals surface area (Å²) in [5.74, 6) is -2.84. The van der Waals surface area contributed by atoms with Gasteiger partial charge in [0.25, 0.3) is 0 Å². The van der Waals surface area contributed by atoms with Crippen LogP contribution in [0.2, 0.25) is 0 Å². The summed E-state index contributed by atoms with van der Waals surface area (Å²) in [4.78, 5) is 11.4. The SMILES string of the molecule is O=C1CCCCC1C(O)(C(F)(F)Cl)C(F)(F)Cl. The quantitative estimate of drug-likeness (QED) is 0.642. The van der Waals surface area contributed by atoms with E-state index < -0.39 is 28.1 Å². The molecular formula is C9H10Cl2F4O2. The summed E-state index contributed by atoms with van der Waals surface area (Å²) < 4.78 is 52.1. The second-order valence-corrected chi connectivity index (χ2v) is 4.98. The Kier molecular flexibility index (Phi) is 4.01. The molecule has 0 amide bonds. The van der Waals surface area contributed by atoms with Crippen LogP contribution in [0, 0.1) is 5.92 Å². The molecule has 0 aromatic heterocycles. The molecule has 1 aliphatic carbocycles. The Bertz CT molecular complexity index is 297. The van der Waals surface area contributed by atoms with E-state index >= 15 is 0 Å². The van der Waals surface area contributed by atoms with Gasteiger partial charge in [-0.25, -0.2) is 0 Å². The van der Waals surface area contributed by atoms with E-state index in [4.69, 9.17) is 0 Å². The number of carbonyl (C=O) groups is 1. The Labute approximate surface area is 105 Å². The monoisotopic (exact) mass is 296 g/mol. The normalized spacial score (nSPS) is 23.9. The molecule has 0 saturated heterocycles. The van der Waals surface area contributed by atoms with Gasteiger partial charge < -0.3 is 5.11 Å². The largest absolute Gasteiger partial charge is 0.376 e. The van der Waals surface area contributed by atoms with Crippen molar-refractivity contribution in [3.8, 4) is 0 Å². The van der Waals surface area contributed by atoms with E-state index in [1.807, 2.05) is 0 Å². The second-order valence-electron chi connectivity index (χ2n) is 4.03. The highest BCUT2D eigenvalue weighted by atomic mass is 35.5. The first kappa shape index (κ1) is 15.0. The van der Waals surface area contributed by atoms with Crippen LogP contribution in [-0.2, 0) is 4.79 Å². The van der Waals surface area contributed by atoms with E-state index in [2.05, 4.69) is 23.2 Å². The van der Waals surface area contributed by atoms with E-state index in [-0.39, 0.29) is 19.3 Å². The van der Waals surface area contributed by atoms with Gasteiger partial charge in [-0.15, -0.1) is 0 Å². The molecule has 0 aromatic carbocycles. The Balaban J connectivity index is 3.20. The average Bonchev–Trinajstić information content (AvgIpc) is 2.13. The molecule has 100 valence electrons. The molecule has 0 bridgehead atoms. The molecule has 1 aliphatic rings. The number of Topliss-reactive ketones (excluding diaryl/α,β-unsaturated/α-hetero) is 1. The molecule has 0 spiro atoms. The smallest absolute Gasteiger partial charge is 0.357 e. The zero-order valence-corrected chi connectivity index (χ0v) is 10.0. The Morgan fingerprint density at radius 2 is 1.59 bits per heavy atom. The number of carbonyl (C=O) groups excluding carboxylic acids is 1. The molecule has 0 aromatic rings. The summed E-state index contributed by atoms with van der Waals surface area (Å²) in [6.45, 7) is 0. The fraction of sp³-hybridized carbons (Fsp3) is 0.889. The van der Waals surface area contributed by atoms with Crippen molar-refractivity contribution in [3.63, 3.8) is 0 Å². The van der Waals surface area contributed by atoms with Crippen LogP contribution in [0.5, 0.6) is 0 Å². The van der Waals surface area contributed by atoms with Crippen molar-refractivity contribution < 1.29 is 27.5 Å². The first-order valence-corrected chi connectivity index (χ1v) is 5.66. The van der Waals surface area contributed by atoms with E-state index in [0.717, 1.165) is 0 Å². The standard InChI is InChI=1S/C9H10Cl2F4O2/c10-8(12,13)7(17,9(11,14)15)5-3-1-2-4-6(5)16/h5,17H,1-4H2. The van der Waals surface area contributed by atoms with E-state index in [1.54, 1.807) is 0 Å². The van der Waals surface area contributed by atoms with Gasteiger partial charge in [0.1, 0.15) is 5.78 Å². The van der Waals surface area contributed by atoms with Crippen molar-refractivity contribution in [1.29, 1.82) is 0 Å². The zero-order valence-electron chi connectivity index (χ0n) is 8.53. The summed E-state index contributed by atoms with van der Waals surface area (Å²) in [6.07, 6.45) is 0.249. The lowest BCUT2D eigenvalue weighted by molar-refractivity contribution is -0.243. The Hall–Kier alpha value is -0.0700. The van der Waals surface area contributed by atoms with Gasteiger partial charge in [0, 0.05) is 6.42 Å². The minimum atomic E-state index is -4.70. The lowest BCUT2D eigenvalue weighted by atomic mass is 9.76. The predicted molar refractivity (Wildman–Crippen MR) is 53.5 cm³/mol. The van der Waals surface area contributed by atoms with Crippen LogP contribution in [0.4, 0.5) is 17.6 Å². The zero-order chi connectivity index (χ0) is 13.5. The molecule has 8 heteroatoms. The van der Waals surface area contributed by atoms with Crippen molar-refractivity contribution in [2.45, 2.75) is 42.0 Å². The van der Waals surface area contributed by atoms with Gasteiger partial charge in [0.2, 0.25) is 5.60 Å². The van der Waals surface area contributed by atoms with Gasteiger partial charge in [0.15, 0.2) is 0 Å². The molecule has 0 heterocycles. The number of aliphatic hydroxyl groups is 1. The molecule has 1 rings (SSSR count). The van der Waals surface area contributed by atoms with Gasteiger partial charge in [-0.2, -0.15) is 17.6 Å². The van der Waals surface area contributed by atoms with Gasteiger partial charge in [-0.3, -0.25) is 4.79 Å². The highest BCUT2D eigenvalue weighted by Crippen LogP contribution is 2.52. The number of hydrogen-bond donors (Lipinski definition) is 1. The van der Waals surface area contributed by atoms with Crippen molar-refractivity contribution in [2.24, 2.45) is 5.92 Å². The number of alkyl halides is 6. The summed E-state index contributed by atoms with van der Waals surface area (Å²) in [7, 11) is 0. The molecular weight excluding hydrogens is 287 g/mol. The fourth-order valence-corrected chi connectivity index (χ4v) is 2.53. The third-order valence-electron chi connectivity index (χ3n) is 2.92. The maximum Gasteiger partial charge on any atom is 0.357 e. The van der Waals surface area contributed by atoms with Crippen LogP contribution in [0.3, 0.4) is 0 Å². The maximum absolute atomic E-state index is 13.0. The van der Waals surface area contributed by atoms with Crippen molar-refractivity contribution in [2.75, 3.05) is 0 Å². The van der Waals surface area contributed by atoms with Crippen LogP contribution < -0.4 is 0 Å². The Morgan fingerprint density at radius 1 is 1.12 bits per heavy atom. The molecule has 1 atom stereocenters. The van der Waals surface area contributed by atoms with Crippen LogP contribution in [0.15, 0.2) is 0 Å². The van der Waals surface area contributed by atoms with E-state index in [9.17, 15) is 27.5 Å². The van der Waals surface area contributed by atoms with E-state index in [0.29, 0.717) is 6.42 Å². The van der Waals surface area contributed by atoms with Crippen LogP contribution >= 0.6 is 23.2 Å². The van der Waals surface area contributed by atoms with Crippen LogP contribution in [0.1, 0.15) is 25.7 Å². The lowest BCUT2D eigenvalue weighted by Gasteiger charge is -2.41. The highest BCUT2D eigenvalue weighted by molar-refractivity contribution is 6.26. The van der Waals surface area contributed by atoms with Crippen molar-refractivity contribution in [1.82, 2.24) is 0 Å². The molecule has 1 N–H and O–H groups in total. The molecule has 0 aliphatic heterocycles. The molecule has 2 nitrogen and oxygen atoms in total. The second kappa shape index (κ2) is 4.55. The topological polar surface area (TPSA) is 37.3 Å². The number of hydrogen-bond acceptors (Lipinski definition) is 2. The third-order valence-corrected chi connectivity index (χ3v) is 3.50. The summed E-state index contributed by atoms with van der Waals surface area (Å²) in [5, 5.41) is 0.0978. The van der Waals surface area contributed by atoms with E-state index in [1.165, 1.54) is 0 Å². The number of ketones is 1. The van der Waals surface area contributed by atoms with Gasteiger partial charge in [-0.05, 0) is 36.0 Å². The number of rotatable bonds is 3. The first-order chi connectivity index (χ1) is 7.52. The third kappa shape index (κ3) is 2.53. The molecule has 1 saturated carbocycles. The molecule has 17 heavy (non-hydrogen) atoms. The lowest BCUT2D eigenvalue weighted by Crippen LogP contribution is -2.63. The van der Waals surface area contributed by atoms with Crippen molar-refractivity contribution in [3.05, 3.63) is 0 Å². The minimum absolute atomic E-state index is 0.146. The summed E-state index contributed by atoms with van der Waals surface area (Å²) >= 11 is 9.05. The van der Waals surface area contributed by atoms with Crippen LogP contribution in [0.25, 0.3) is 0 Å². The van der Waals surface area contributed by atoms with Gasteiger partial charge in [0.05, 0.1) is 5.92 Å². The maximum atomic E-state index is 13.0. The minimum Gasteiger partial charge on any atom is -0.376 e. The van der Waals surface area contributed by atoms with Crippen LogP contribution in [-0.4, -0.2) is 27.3 Å². The molecule has 1 unspecified atom stereocenters. The highest BCUT2D eigenvalue weighted by Gasteiger charge is 2.71. The summed E-state index contributed by atoms with van der Waals surface area (Å²) in [6, 6.07) is 0. The Morgan fingerprint density at radius 3 is 1.94 bits per heavy atom. The summed E-state index contributed by atoms with van der Waals surface area (Å²) in [5.41, 5.74) is -4.07. The first-order valence-electron chi connectivity index (χ1n) is 4.90. The average molecular weight is 297 g/mol.